The smallest absolute Gasteiger partial charge is 0.343 e. The molecule has 0 aliphatic carbocycles. The number of methoxy groups -OCH3 is 1. The van der Waals surface area contributed by atoms with Gasteiger partial charge in [0.2, 0.25) is 0 Å². The summed E-state index contributed by atoms with van der Waals surface area (Å²) in [5, 5.41) is 10.2. The monoisotopic (exact) mass is 290 g/mol. The standard InChI is InChI=1S/C15H14O6/c1-3-20-13(17)7-4-9-8-10-12(21-15(9)18)6-5-11(16)14(10)19-2/h4-8,16H,3H2,1-2H3/b7-4+. The molecule has 1 N–H and O–H groups in total. The summed E-state index contributed by atoms with van der Waals surface area (Å²) in [5.41, 5.74) is -0.168. The Kier molecular flexibility index (Phi) is 4.27. The number of rotatable bonds is 4. The fraction of sp³-hybridized carbons (Fsp3) is 0.200. The quantitative estimate of drug-likeness (QED) is 0.527. The number of hydrogen-bond acceptors (Lipinski definition) is 6. The van der Waals surface area contributed by atoms with Crippen LogP contribution >= 0.6 is 0 Å². The van der Waals surface area contributed by atoms with Gasteiger partial charge in [-0.2, -0.15) is 0 Å². The van der Waals surface area contributed by atoms with Crippen LogP contribution in [0.15, 0.2) is 33.5 Å². The summed E-state index contributed by atoms with van der Waals surface area (Å²) in [6.45, 7) is 1.93. The first-order valence-corrected chi connectivity index (χ1v) is 6.25. The molecule has 0 saturated carbocycles. The zero-order chi connectivity index (χ0) is 15.4. The lowest BCUT2D eigenvalue weighted by Crippen LogP contribution is -2.04. The summed E-state index contributed by atoms with van der Waals surface area (Å²) in [4.78, 5) is 23.1. The molecule has 2 aromatic rings. The van der Waals surface area contributed by atoms with Crippen LogP contribution in [0.4, 0.5) is 0 Å². The maximum atomic E-state index is 11.8. The Balaban J connectivity index is 2.53. The highest BCUT2D eigenvalue weighted by Crippen LogP contribution is 2.34. The van der Waals surface area contributed by atoms with E-state index in [0.717, 1.165) is 6.08 Å². The van der Waals surface area contributed by atoms with Gasteiger partial charge in [-0.25, -0.2) is 9.59 Å². The summed E-state index contributed by atoms with van der Waals surface area (Å²) in [6, 6.07) is 4.32. The van der Waals surface area contributed by atoms with Crippen LogP contribution in [0.25, 0.3) is 17.0 Å². The van der Waals surface area contributed by atoms with Crippen molar-refractivity contribution in [3.05, 3.63) is 40.3 Å². The Labute approximate surface area is 120 Å². The summed E-state index contributed by atoms with van der Waals surface area (Å²) in [7, 11) is 1.40. The predicted octanol–water partition coefficient (Wildman–Crippen LogP) is 2.08. The molecule has 1 aromatic carbocycles. The van der Waals surface area contributed by atoms with E-state index in [4.69, 9.17) is 13.9 Å². The molecule has 0 radical (unpaired) electrons. The van der Waals surface area contributed by atoms with Gasteiger partial charge in [0, 0.05) is 6.08 Å². The lowest BCUT2D eigenvalue weighted by Gasteiger charge is -2.07. The lowest BCUT2D eigenvalue weighted by molar-refractivity contribution is -0.137. The van der Waals surface area contributed by atoms with E-state index >= 15 is 0 Å². The second-order valence-corrected chi connectivity index (χ2v) is 4.10. The number of esters is 1. The first-order chi connectivity index (χ1) is 10.1. The molecule has 0 bridgehead atoms. The van der Waals surface area contributed by atoms with Gasteiger partial charge in [-0.3, -0.25) is 0 Å². The van der Waals surface area contributed by atoms with E-state index in [9.17, 15) is 14.7 Å². The summed E-state index contributed by atoms with van der Waals surface area (Å²) >= 11 is 0. The van der Waals surface area contributed by atoms with Crippen molar-refractivity contribution in [1.29, 1.82) is 0 Å². The van der Waals surface area contributed by atoms with Crippen molar-refractivity contribution in [2.24, 2.45) is 0 Å². The van der Waals surface area contributed by atoms with Crippen LogP contribution in [-0.2, 0) is 9.53 Å². The van der Waals surface area contributed by atoms with E-state index in [1.54, 1.807) is 6.92 Å². The molecule has 0 fully saturated rings. The zero-order valence-corrected chi connectivity index (χ0v) is 11.6. The number of ether oxygens (including phenoxy) is 2. The van der Waals surface area contributed by atoms with Gasteiger partial charge in [0.1, 0.15) is 5.58 Å². The maximum Gasteiger partial charge on any atom is 0.343 e. The highest BCUT2D eigenvalue weighted by atomic mass is 16.5. The van der Waals surface area contributed by atoms with Crippen LogP contribution in [0.1, 0.15) is 12.5 Å². The van der Waals surface area contributed by atoms with E-state index < -0.39 is 11.6 Å². The van der Waals surface area contributed by atoms with Crippen LogP contribution in [0, 0.1) is 0 Å². The van der Waals surface area contributed by atoms with Gasteiger partial charge in [0.15, 0.2) is 11.5 Å². The molecule has 6 heteroatoms. The Morgan fingerprint density at radius 1 is 1.43 bits per heavy atom. The third-order valence-corrected chi connectivity index (χ3v) is 2.76. The number of aromatic hydroxyl groups is 1. The molecule has 0 aliphatic rings. The van der Waals surface area contributed by atoms with Crippen molar-refractivity contribution >= 4 is 23.0 Å². The van der Waals surface area contributed by atoms with Crippen molar-refractivity contribution < 1.29 is 23.8 Å². The minimum atomic E-state index is -0.601. The van der Waals surface area contributed by atoms with Crippen molar-refractivity contribution in [3.8, 4) is 11.5 Å². The number of fused-ring (bicyclic) bond motifs is 1. The molecule has 0 saturated heterocycles. The van der Waals surface area contributed by atoms with Crippen molar-refractivity contribution in [2.45, 2.75) is 6.92 Å². The van der Waals surface area contributed by atoms with Gasteiger partial charge in [-0.1, -0.05) is 0 Å². The third-order valence-electron chi connectivity index (χ3n) is 2.76. The molecule has 1 aromatic heterocycles. The highest BCUT2D eigenvalue weighted by Gasteiger charge is 2.11. The Morgan fingerprint density at radius 3 is 2.86 bits per heavy atom. The molecule has 0 aliphatic heterocycles. The molecule has 6 nitrogen and oxygen atoms in total. The van der Waals surface area contributed by atoms with Crippen LogP contribution in [-0.4, -0.2) is 24.8 Å². The van der Waals surface area contributed by atoms with Gasteiger partial charge in [0.25, 0.3) is 0 Å². The average molecular weight is 290 g/mol. The van der Waals surface area contributed by atoms with Gasteiger partial charge in [-0.15, -0.1) is 0 Å². The summed E-state index contributed by atoms with van der Waals surface area (Å²) in [6.07, 6.45) is 2.43. The highest BCUT2D eigenvalue weighted by molar-refractivity contribution is 5.90. The first kappa shape index (κ1) is 14.6. The molecular formula is C15H14O6. The van der Waals surface area contributed by atoms with Gasteiger partial charge in [0.05, 0.1) is 24.7 Å². The van der Waals surface area contributed by atoms with E-state index in [1.165, 1.54) is 31.4 Å². The predicted molar refractivity (Wildman–Crippen MR) is 76.4 cm³/mol. The molecule has 2 rings (SSSR count). The third kappa shape index (κ3) is 3.05. The molecule has 0 unspecified atom stereocenters. The van der Waals surface area contributed by atoms with Crippen LogP contribution in [0.3, 0.4) is 0 Å². The molecule has 21 heavy (non-hydrogen) atoms. The minimum absolute atomic E-state index is 0.0702. The Hall–Kier alpha value is -2.76. The van der Waals surface area contributed by atoms with E-state index in [1.807, 2.05) is 0 Å². The number of phenolic OH excluding ortho intramolecular Hbond substituents is 1. The molecule has 0 amide bonds. The molecule has 110 valence electrons. The lowest BCUT2D eigenvalue weighted by atomic mass is 10.1. The summed E-state index contributed by atoms with van der Waals surface area (Å²) < 4.78 is 15.0. The zero-order valence-electron chi connectivity index (χ0n) is 11.6. The number of benzene rings is 1. The SMILES string of the molecule is CCOC(=O)/C=C/c1cc2c(OC)c(O)ccc2oc1=O. The van der Waals surface area contributed by atoms with Crippen LogP contribution in [0.5, 0.6) is 11.5 Å². The molecule has 0 spiro atoms. The minimum Gasteiger partial charge on any atom is -0.504 e. The molecular weight excluding hydrogens is 276 g/mol. The van der Waals surface area contributed by atoms with E-state index in [-0.39, 0.29) is 29.3 Å². The van der Waals surface area contributed by atoms with Crippen molar-refractivity contribution in [1.82, 2.24) is 0 Å². The topological polar surface area (TPSA) is 86.0 Å². The second kappa shape index (κ2) is 6.13. The van der Waals surface area contributed by atoms with E-state index in [0.29, 0.717) is 5.39 Å². The largest absolute Gasteiger partial charge is 0.504 e. The van der Waals surface area contributed by atoms with Crippen molar-refractivity contribution in [3.63, 3.8) is 0 Å². The molecule has 0 atom stereocenters. The van der Waals surface area contributed by atoms with Gasteiger partial charge in [-0.05, 0) is 31.2 Å². The Morgan fingerprint density at radius 2 is 2.19 bits per heavy atom. The first-order valence-electron chi connectivity index (χ1n) is 6.25. The number of carbonyl (C=O) groups excluding carboxylic acids is 1. The normalized spacial score (nSPS) is 11.0. The second-order valence-electron chi connectivity index (χ2n) is 4.10. The number of phenols is 1. The van der Waals surface area contributed by atoms with Gasteiger partial charge >= 0.3 is 11.6 Å². The maximum absolute atomic E-state index is 11.8. The van der Waals surface area contributed by atoms with E-state index in [2.05, 4.69) is 0 Å². The fourth-order valence-corrected chi connectivity index (χ4v) is 1.85. The molecule has 1 heterocycles. The number of carbonyl (C=O) groups is 1. The van der Waals surface area contributed by atoms with Crippen molar-refractivity contribution in [2.75, 3.05) is 13.7 Å². The van der Waals surface area contributed by atoms with Crippen LogP contribution in [0.2, 0.25) is 0 Å². The average Bonchev–Trinajstić information content (AvgIpc) is 2.46. The number of hydrogen-bond donors (Lipinski definition) is 1. The Bertz CT molecular complexity index is 757. The fourth-order valence-electron chi connectivity index (χ4n) is 1.85. The van der Waals surface area contributed by atoms with Gasteiger partial charge < -0.3 is 19.0 Å². The summed E-state index contributed by atoms with van der Waals surface area (Å²) in [5.74, 6) is -0.430. The van der Waals surface area contributed by atoms with Crippen LogP contribution < -0.4 is 10.4 Å².